The molecule has 0 saturated carbocycles. The van der Waals surface area contributed by atoms with Gasteiger partial charge in [-0.15, -0.1) is 0 Å². The van der Waals surface area contributed by atoms with Crippen LogP contribution in [0.1, 0.15) is 53.2 Å². The Hall–Kier alpha value is -2.83. The topological polar surface area (TPSA) is 74.0 Å². The van der Waals surface area contributed by atoms with E-state index in [1.165, 1.54) is 13.2 Å². The summed E-state index contributed by atoms with van der Waals surface area (Å²) in [4.78, 5) is 18.0. The van der Waals surface area contributed by atoms with Gasteiger partial charge >= 0.3 is 0 Å². The Bertz CT molecular complexity index is 1010. The Labute approximate surface area is 150 Å². The summed E-state index contributed by atoms with van der Waals surface area (Å²) in [6.45, 7) is 6.40. The van der Waals surface area contributed by atoms with Crippen LogP contribution in [0, 0.1) is 12.7 Å². The number of aromatic amines is 2. The number of aromatic nitrogens is 3. The third-order valence-electron chi connectivity index (χ3n) is 5.17. The van der Waals surface area contributed by atoms with Gasteiger partial charge in [-0.05, 0) is 26.0 Å². The molecule has 2 atom stereocenters. The predicted molar refractivity (Wildman–Crippen MR) is 96.0 cm³/mol. The van der Waals surface area contributed by atoms with Crippen molar-refractivity contribution in [3.63, 3.8) is 0 Å². The third kappa shape index (κ3) is 2.38. The second kappa shape index (κ2) is 5.86. The van der Waals surface area contributed by atoms with E-state index in [2.05, 4.69) is 15.2 Å². The monoisotopic (exact) mass is 356 g/mol. The summed E-state index contributed by atoms with van der Waals surface area (Å²) in [6, 6.07) is 4.73. The molecule has 6 nitrogen and oxygen atoms in total. The number of carbonyl (C=O) groups excluding carboxylic acids is 1. The Morgan fingerprint density at radius 3 is 2.77 bits per heavy atom. The number of ether oxygens (including phenoxy) is 1. The summed E-state index contributed by atoms with van der Waals surface area (Å²) in [7, 11) is 1.52. The number of H-pyrrole nitrogens is 2. The molecule has 1 aromatic carbocycles. The first kappa shape index (κ1) is 16.6. The fourth-order valence-electron chi connectivity index (χ4n) is 3.86. The van der Waals surface area contributed by atoms with E-state index in [0.29, 0.717) is 23.5 Å². The molecule has 0 fully saturated rings. The molecule has 1 amide bonds. The van der Waals surface area contributed by atoms with Gasteiger partial charge in [0.25, 0.3) is 5.91 Å². The number of rotatable bonds is 2. The van der Waals surface area contributed by atoms with Gasteiger partial charge in [-0.2, -0.15) is 5.10 Å². The van der Waals surface area contributed by atoms with Gasteiger partial charge in [-0.1, -0.05) is 6.92 Å². The largest absolute Gasteiger partial charge is 0.497 e. The van der Waals surface area contributed by atoms with Crippen LogP contribution in [0.5, 0.6) is 5.75 Å². The molecule has 0 spiro atoms. The summed E-state index contributed by atoms with van der Waals surface area (Å²) in [5.74, 6) is 0.0389. The first-order chi connectivity index (χ1) is 12.4. The zero-order valence-corrected chi connectivity index (χ0v) is 15.2. The molecule has 26 heavy (non-hydrogen) atoms. The summed E-state index contributed by atoms with van der Waals surface area (Å²) >= 11 is 0. The zero-order valence-electron chi connectivity index (χ0n) is 15.2. The van der Waals surface area contributed by atoms with Crippen LogP contribution in [0.2, 0.25) is 0 Å². The Morgan fingerprint density at radius 1 is 1.35 bits per heavy atom. The fourth-order valence-corrected chi connectivity index (χ4v) is 3.86. The predicted octanol–water partition coefficient (Wildman–Crippen LogP) is 3.67. The SMILES string of the molecule is COc1cc(F)c2[nH]c3c(c2c1)C(C)N(C(=O)c1cc(C)[nH]n1)CC3C. The Kier molecular flexibility index (Phi) is 3.75. The number of hydrogen-bond acceptors (Lipinski definition) is 3. The van der Waals surface area contributed by atoms with Crippen molar-refractivity contribution in [1.82, 2.24) is 20.1 Å². The lowest BCUT2D eigenvalue weighted by molar-refractivity contribution is 0.0654. The molecular weight excluding hydrogens is 335 g/mol. The standard InChI is InChI=1S/C19H21FN4O2/c1-9-8-24(19(25)15-5-10(2)22-23-15)11(3)16-13-6-12(26-4)7-14(20)18(13)21-17(9)16/h5-7,9,11,21H,8H2,1-4H3,(H,22,23). The highest BCUT2D eigenvalue weighted by molar-refractivity contribution is 5.94. The molecule has 1 aliphatic heterocycles. The second-order valence-corrected chi connectivity index (χ2v) is 6.95. The summed E-state index contributed by atoms with van der Waals surface area (Å²) in [5.41, 5.74) is 3.61. The number of halogens is 1. The molecule has 2 N–H and O–H groups in total. The summed E-state index contributed by atoms with van der Waals surface area (Å²) in [6.07, 6.45) is 0. The van der Waals surface area contributed by atoms with Crippen LogP contribution < -0.4 is 4.74 Å². The second-order valence-electron chi connectivity index (χ2n) is 6.95. The molecule has 136 valence electrons. The number of benzene rings is 1. The summed E-state index contributed by atoms with van der Waals surface area (Å²) in [5, 5.41) is 7.66. The molecule has 1 aliphatic rings. The van der Waals surface area contributed by atoms with E-state index in [0.717, 1.165) is 22.3 Å². The average Bonchev–Trinajstić information content (AvgIpc) is 3.22. The Balaban J connectivity index is 1.84. The van der Waals surface area contributed by atoms with Gasteiger partial charge in [0.2, 0.25) is 0 Å². The van der Waals surface area contributed by atoms with Crippen LogP contribution in [0.25, 0.3) is 10.9 Å². The van der Waals surface area contributed by atoms with Crippen LogP contribution in [0.3, 0.4) is 0 Å². The lowest BCUT2D eigenvalue weighted by Gasteiger charge is -2.36. The highest BCUT2D eigenvalue weighted by atomic mass is 19.1. The van der Waals surface area contributed by atoms with Crippen molar-refractivity contribution in [1.29, 1.82) is 0 Å². The van der Waals surface area contributed by atoms with E-state index in [1.54, 1.807) is 11.0 Å². The number of aryl methyl sites for hydroxylation is 1. The van der Waals surface area contributed by atoms with Crippen molar-refractivity contribution in [2.24, 2.45) is 0 Å². The number of fused-ring (bicyclic) bond motifs is 3. The van der Waals surface area contributed by atoms with Crippen LogP contribution in [-0.4, -0.2) is 39.6 Å². The van der Waals surface area contributed by atoms with E-state index in [-0.39, 0.29) is 23.7 Å². The van der Waals surface area contributed by atoms with Crippen LogP contribution in [-0.2, 0) is 0 Å². The van der Waals surface area contributed by atoms with E-state index in [9.17, 15) is 9.18 Å². The van der Waals surface area contributed by atoms with Gasteiger partial charge in [0.1, 0.15) is 11.4 Å². The molecule has 0 aliphatic carbocycles. The zero-order chi connectivity index (χ0) is 18.6. The number of hydrogen-bond donors (Lipinski definition) is 2. The highest BCUT2D eigenvalue weighted by Gasteiger charge is 2.36. The van der Waals surface area contributed by atoms with Gasteiger partial charge in [0.05, 0.1) is 18.7 Å². The normalized spacial score (nSPS) is 19.7. The molecule has 2 unspecified atom stereocenters. The van der Waals surface area contributed by atoms with E-state index < -0.39 is 0 Å². The number of carbonyl (C=O) groups is 1. The molecule has 2 aromatic heterocycles. The van der Waals surface area contributed by atoms with Gasteiger partial charge in [0, 0.05) is 40.9 Å². The molecule has 3 aromatic rings. The van der Waals surface area contributed by atoms with E-state index in [4.69, 9.17) is 4.74 Å². The Morgan fingerprint density at radius 2 is 2.12 bits per heavy atom. The van der Waals surface area contributed by atoms with Gasteiger partial charge < -0.3 is 14.6 Å². The van der Waals surface area contributed by atoms with E-state index in [1.807, 2.05) is 26.8 Å². The molecule has 3 heterocycles. The minimum absolute atomic E-state index is 0.0583. The first-order valence-corrected chi connectivity index (χ1v) is 8.62. The van der Waals surface area contributed by atoms with Crippen molar-refractivity contribution in [2.45, 2.75) is 32.7 Å². The smallest absolute Gasteiger partial charge is 0.274 e. The maximum absolute atomic E-state index is 14.5. The lowest BCUT2D eigenvalue weighted by Crippen LogP contribution is -2.40. The average molecular weight is 356 g/mol. The molecule has 0 saturated heterocycles. The van der Waals surface area contributed by atoms with Crippen LogP contribution >= 0.6 is 0 Å². The number of amides is 1. The van der Waals surface area contributed by atoms with Gasteiger partial charge in [-0.25, -0.2) is 4.39 Å². The first-order valence-electron chi connectivity index (χ1n) is 8.62. The number of nitrogens with zero attached hydrogens (tertiary/aromatic N) is 2. The number of nitrogens with one attached hydrogen (secondary N) is 2. The van der Waals surface area contributed by atoms with Crippen molar-refractivity contribution < 1.29 is 13.9 Å². The lowest BCUT2D eigenvalue weighted by atomic mass is 9.90. The minimum atomic E-state index is -0.353. The molecule has 4 rings (SSSR count). The fraction of sp³-hybridized carbons (Fsp3) is 0.368. The van der Waals surface area contributed by atoms with Crippen LogP contribution in [0.4, 0.5) is 4.39 Å². The van der Waals surface area contributed by atoms with Crippen molar-refractivity contribution in [2.75, 3.05) is 13.7 Å². The maximum Gasteiger partial charge on any atom is 0.274 e. The van der Waals surface area contributed by atoms with Crippen molar-refractivity contribution >= 4 is 16.8 Å². The third-order valence-corrected chi connectivity index (χ3v) is 5.17. The van der Waals surface area contributed by atoms with Crippen molar-refractivity contribution in [3.8, 4) is 5.75 Å². The van der Waals surface area contributed by atoms with Crippen molar-refractivity contribution in [3.05, 3.63) is 46.7 Å². The van der Waals surface area contributed by atoms with Gasteiger partial charge in [0.15, 0.2) is 5.82 Å². The number of methoxy groups -OCH3 is 1. The maximum atomic E-state index is 14.5. The van der Waals surface area contributed by atoms with Gasteiger partial charge in [-0.3, -0.25) is 9.89 Å². The molecule has 0 bridgehead atoms. The highest BCUT2D eigenvalue weighted by Crippen LogP contribution is 2.42. The van der Waals surface area contributed by atoms with Crippen LogP contribution in [0.15, 0.2) is 18.2 Å². The minimum Gasteiger partial charge on any atom is -0.497 e. The quantitative estimate of drug-likeness (QED) is 0.736. The molecular formula is C19H21FN4O2. The summed E-state index contributed by atoms with van der Waals surface area (Å²) < 4.78 is 19.7. The molecule has 7 heteroatoms. The van der Waals surface area contributed by atoms with E-state index >= 15 is 0 Å². The molecule has 0 radical (unpaired) electrons.